The van der Waals surface area contributed by atoms with Crippen molar-refractivity contribution in [1.29, 1.82) is 0 Å². The first-order valence-corrected chi connectivity index (χ1v) is 5.94. The Morgan fingerprint density at radius 3 is 2.50 bits per heavy atom. The van der Waals surface area contributed by atoms with Gasteiger partial charge >= 0.3 is 0 Å². The van der Waals surface area contributed by atoms with Gasteiger partial charge in [0.2, 0.25) is 0 Å². The fraction of sp³-hybridized carbons (Fsp3) is 0.636. The standard InChI is InChI=1S/C11H17BrN2/c1-5-10-6-11(7(2)8(3)12)14-9(4)13-10/h6-8H,5H2,1-4H3. The summed E-state index contributed by atoms with van der Waals surface area (Å²) in [5, 5.41) is 0. The van der Waals surface area contributed by atoms with Gasteiger partial charge in [-0.15, -0.1) is 0 Å². The molecule has 3 heteroatoms. The lowest BCUT2D eigenvalue weighted by Gasteiger charge is -2.14. The van der Waals surface area contributed by atoms with E-state index in [9.17, 15) is 0 Å². The summed E-state index contributed by atoms with van der Waals surface area (Å²) in [5.74, 6) is 1.31. The second kappa shape index (κ2) is 4.87. The van der Waals surface area contributed by atoms with Crippen molar-refractivity contribution in [2.24, 2.45) is 0 Å². The summed E-state index contributed by atoms with van der Waals surface area (Å²) in [5.41, 5.74) is 2.27. The molecule has 0 fully saturated rings. The first kappa shape index (κ1) is 11.6. The predicted molar refractivity (Wildman–Crippen MR) is 63.0 cm³/mol. The van der Waals surface area contributed by atoms with E-state index < -0.39 is 0 Å². The highest BCUT2D eigenvalue weighted by Gasteiger charge is 2.13. The lowest BCUT2D eigenvalue weighted by Crippen LogP contribution is -2.09. The Morgan fingerprint density at radius 1 is 1.36 bits per heavy atom. The van der Waals surface area contributed by atoms with Gasteiger partial charge in [0.25, 0.3) is 0 Å². The highest BCUT2D eigenvalue weighted by molar-refractivity contribution is 9.09. The minimum atomic E-state index is 0.432. The normalized spacial score (nSPS) is 15.2. The number of hydrogen-bond donors (Lipinski definition) is 0. The maximum absolute atomic E-state index is 4.46. The molecule has 0 saturated carbocycles. The van der Waals surface area contributed by atoms with Crippen molar-refractivity contribution in [2.75, 3.05) is 0 Å². The summed E-state index contributed by atoms with van der Waals surface area (Å²) in [6, 6.07) is 2.11. The molecule has 2 nitrogen and oxygen atoms in total. The fourth-order valence-corrected chi connectivity index (χ4v) is 1.58. The van der Waals surface area contributed by atoms with Gasteiger partial charge in [-0.25, -0.2) is 9.97 Å². The van der Waals surface area contributed by atoms with Crippen LogP contribution in [0.15, 0.2) is 6.07 Å². The molecular weight excluding hydrogens is 240 g/mol. The van der Waals surface area contributed by atoms with E-state index in [4.69, 9.17) is 0 Å². The summed E-state index contributed by atoms with van der Waals surface area (Å²) < 4.78 is 0. The van der Waals surface area contributed by atoms with Crippen LogP contribution in [0.3, 0.4) is 0 Å². The molecule has 0 aliphatic heterocycles. The number of aryl methyl sites for hydroxylation is 2. The molecule has 0 amide bonds. The maximum Gasteiger partial charge on any atom is 0.125 e. The number of halogens is 1. The van der Waals surface area contributed by atoms with Crippen molar-refractivity contribution in [2.45, 2.75) is 44.9 Å². The van der Waals surface area contributed by atoms with Gasteiger partial charge in [-0.3, -0.25) is 0 Å². The van der Waals surface area contributed by atoms with Crippen LogP contribution in [0.5, 0.6) is 0 Å². The molecule has 0 aliphatic carbocycles. The zero-order chi connectivity index (χ0) is 10.7. The Balaban J connectivity index is 3.02. The van der Waals surface area contributed by atoms with E-state index in [1.54, 1.807) is 0 Å². The van der Waals surface area contributed by atoms with Crippen molar-refractivity contribution in [3.63, 3.8) is 0 Å². The highest BCUT2D eigenvalue weighted by Crippen LogP contribution is 2.23. The Hall–Kier alpha value is -0.440. The predicted octanol–water partition coefficient (Wildman–Crippen LogP) is 3.23. The Kier molecular flexibility index (Phi) is 4.05. The summed E-state index contributed by atoms with van der Waals surface area (Å²) in [7, 11) is 0. The third kappa shape index (κ3) is 2.77. The van der Waals surface area contributed by atoms with E-state index in [-0.39, 0.29) is 0 Å². The van der Waals surface area contributed by atoms with Crippen LogP contribution in [-0.4, -0.2) is 14.8 Å². The molecule has 0 spiro atoms. The van der Waals surface area contributed by atoms with Gasteiger partial charge in [0.15, 0.2) is 0 Å². The Morgan fingerprint density at radius 2 is 2.00 bits per heavy atom. The van der Waals surface area contributed by atoms with E-state index in [2.05, 4.69) is 52.7 Å². The minimum absolute atomic E-state index is 0.432. The second-order valence-corrected chi connectivity index (χ2v) is 5.10. The molecule has 0 radical (unpaired) electrons. The van der Waals surface area contributed by atoms with E-state index >= 15 is 0 Å². The molecule has 0 aliphatic rings. The van der Waals surface area contributed by atoms with E-state index in [1.807, 2.05) is 6.92 Å². The van der Waals surface area contributed by atoms with Gasteiger partial charge in [0.1, 0.15) is 5.82 Å². The number of rotatable bonds is 3. The van der Waals surface area contributed by atoms with Gasteiger partial charge < -0.3 is 0 Å². The first-order chi connectivity index (χ1) is 6.54. The van der Waals surface area contributed by atoms with E-state index in [1.165, 1.54) is 0 Å². The molecular formula is C11H17BrN2. The smallest absolute Gasteiger partial charge is 0.125 e. The quantitative estimate of drug-likeness (QED) is 0.777. The fourth-order valence-electron chi connectivity index (χ4n) is 1.30. The van der Waals surface area contributed by atoms with Crippen LogP contribution in [-0.2, 0) is 6.42 Å². The van der Waals surface area contributed by atoms with Gasteiger partial charge in [-0.2, -0.15) is 0 Å². The van der Waals surface area contributed by atoms with Gasteiger partial charge in [-0.1, -0.05) is 36.7 Å². The molecule has 0 bridgehead atoms. The topological polar surface area (TPSA) is 25.8 Å². The third-order valence-corrected chi connectivity index (χ3v) is 3.22. The summed E-state index contributed by atoms with van der Waals surface area (Å²) in [6.07, 6.45) is 0.972. The lowest BCUT2D eigenvalue weighted by molar-refractivity contribution is 0.717. The van der Waals surface area contributed by atoms with Crippen LogP contribution in [0, 0.1) is 6.92 Å². The summed E-state index contributed by atoms with van der Waals surface area (Å²) in [4.78, 5) is 9.28. The second-order valence-electron chi connectivity index (χ2n) is 3.65. The lowest BCUT2D eigenvalue weighted by atomic mass is 10.0. The molecule has 14 heavy (non-hydrogen) atoms. The molecule has 1 aromatic rings. The Bertz CT molecular complexity index is 310. The summed E-state index contributed by atoms with van der Waals surface area (Å²) in [6.45, 7) is 8.40. The molecule has 0 saturated heterocycles. The van der Waals surface area contributed by atoms with Crippen LogP contribution >= 0.6 is 15.9 Å². The first-order valence-electron chi connectivity index (χ1n) is 5.03. The van der Waals surface area contributed by atoms with Crippen LogP contribution in [0.2, 0.25) is 0 Å². The zero-order valence-corrected chi connectivity index (χ0v) is 10.8. The molecule has 2 unspecified atom stereocenters. The number of hydrogen-bond acceptors (Lipinski definition) is 2. The number of nitrogens with zero attached hydrogens (tertiary/aromatic N) is 2. The number of aromatic nitrogens is 2. The van der Waals surface area contributed by atoms with E-state index in [0.29, 0.717) is 10.7 Å². The largest absolute Gasteiger partial charge is 0.238 e. The van der Waals surface area contributed by atoms with Gasteiger partial charge in [-0.05, 0) is 19.4 Å². The molecule has 1 heterocycles. The number of alkyl halides is 1. The third-order valence-electron chi connectivity index (χ3n) is 2.43. The van der Waals surface area contributed by atoms with Crippen molar-refractivity contribution >= 4 is 15.9 Å². The van der Waals surface area contributed by atoms with Crippen molar-refractivity contribution in [3.8, 4) is 0 Å². The van der Waals surface area contributed by atoms with Crippen molar-refractivity contribution in [1.82, 2.24) is 9.97 Å². The molecule has 78 valence electrons. The molecule has 0 N–H and O–H groups in total. The monoisotopic (exact) mass is 256 g/mol. The average molecular weight is 257 g/mol. The van der Waals surface area contributed by atoms with Crippen LogP contribution in [0.25, 0.3) is 0 Å². The Labute approximate surface area is 94.3 Å². The van der Waals surface area contributed by atoms with E-state index in [0.717, 1.165) is 23.6 Å². The highest BCUT2D eigenvalue weighted by atomic mass is 79.9. The van der Waals surface area contributed by atoms with Crippen LogP contribution in [0.1, 0.15) is 43.9 Å². The van der Waals surface area contributed by atoms with Crippen molar-refractivity contribution < 1.29 is 0 Å². The SMILES string of the molecule is CCc1cc(C(C)C(C)Br)nc(C)n1. The van der Waals surface area contributed by atoms with Gasteiger partial charge in [0, 0.05) is 22.1 Å². The molecule has 0 aromatic carbocycles. The van der Waals surface area contributed by atoms with Crippen molar-refractivity contribution in [3.05, 3.63) is 23.3 Å². The summed E-state index contributed by atoms with van der Waals surface area (Å²) >= 11 is 3.59. The average Bonchev–Trinajstić information content (AvgIpc) is 2.15. The molecule has 1 rings (SSSR count). The van der Waals surface area contributed by atoms with Crippen LogP contribution in [0.4, 0.5) is 0 Å². The van der Waals surface area contributed by atoms with Gasteiger partial charge in [0.05, 0.1) is 0 Å². The minimum Gasteiger partial charge on any atom is -0.238 e. The maximum atomic E-state index is 4.46. The molecule has 1 aromatic heterocycles. The van der Waals surface area contributed by atoms with Crippen LogP contribution < -0.4 is 0 Å². The molecule has 2 atom stereocenters. The zero-order valence-electron chi connectivity index (χ0n) is 9.21.